The van der Waals surface area contributed by atoms with Crippen molar-refractivity contribution in [3.63, 3.8) is 0 Å². The van der Waals surface area contributed by atoms with E-state index in [9.17, 15) is 4.79 Å². The maximum atomic E-state index is 11.1. The molecule has 1 aromatic heterocycles. The summed E-state index contributed by atoms with van der Waals surface area (Å²) >= 11 is 7.60. The largest absolute Gasteiger partial charge is 0.480 e. The van der Waals surface area contributed by atoms with Gasteiger partial charge in [0.05, 0.1) is 6.04 Å². The molecule has 1 unspecified atom stereocenters. The molecule has 0 amide bonds. The summed E-state index contributed by atoms with van der Waals surface area (Å²) in [4.78, 5) is 14.0. The van der Waals surface area contributed by atoms with Crippen molar-refractivity contribution in [1.82, 2.24) is 0 Å². The number of hydrogen-bond donors (Lipinski definition) is 1. The molecule has 19 heavy (non-hydrogen) atoms. The lowest BCUT2D eigenvalue weighted by molar-refractivity contribution is -0.135. The Bertz CT molecular complexity index is 556. The second kappa shape index (κ2) is 6.08. The van der Waals surface area contributed by atoms with Crippen LogP contribution in [0.5, 0.6) is 0 Å². The molecule has 1 N–H and O–H groups in total. The summed E-state index contributed by atoms with van der Waals surface area (Å²) in [6.07, 6.45) is 0. The number of carboxylic acid groups (broad SMARTS) is 1. The summed E-state index contributed by atoms with van der Waals surface area (Å²) in [6, 6.07) is 11.2. The Morgan fingerprint density at radius 1 is 1.42 bits per heavy atom. The smallest absolute Gasteiger partial charge is 0.323 e. The molecule has 1 aromatic carbocycles. The van der Waals surface area contributed by atoms with Crippen molar-refractivity contribution < 1.29 is 9.90 Å². The third-order valence-electron chi connectivity index (χ3n) is 2.87. The first-order valence-corrected chi connectivity index (χ1v) is 7.11. The molecule has 0 fully saturated rings. The number of hydrogen-bond acceptors (Lipinski definition) is 3. The number of thiophene rings is 1. The van der Waals surface area contributed by atoms with Crippen LogP contribution in [0.15, 0.2) is 41.8 Å². The zero-order valence-corrected chi connectivity index (χ0v) is 12.0. The van der Waals surface area contributed by atoms with E-state index in [1.165, 1.54) is 0 Å². The summed E-state index contributed by atoms with van der Waals surface area (Å²) < 4.78 is 0. The van der Waals surface area contributed by atoms with Crippen LogP contribution in [0, 0.1) is 0 Å². The highest BCUT2D eigenvalue weighted by Crippen LogP contribution is 2.30. The minimum absolute atomic E-state index is 0.00503. The molecule has 2 rings (SSSR count). The number of anilines is 1. The standard InChI is InChI=1S/C14H14ClNO2S/c1-10(13-6-3-7-19-13)16(9-14(17)18)12-5-2-4-11(15)8-12/h2-8,10H,9H2,1H3,(H,17,18). The van der Waals surface area contributed by atoms with Crippen LogP contribution in [0.4, 0.5) is 5.69 Å². The number of rotatable bonds is 5. The Morgan fingerprint density at radius 3 is 2.79 bits per heavy atom. The first kappa shape index (κ1) is 13.9. The molecule has 0 radical (unpaired) electrons. The lowest BCUT2D eigenvalue weighted by atomic mass is 10.2. The number of carboxylic acids is 1. The molecule has 1 heterocycles. The van der Waals surface area contributed by atoms with Crippen molar-refractivity contribution in [2.45, 2.75) is 13.0 Å². The van der Waals surface area contributed by atoms with Gasteiger partial charge in [0, 0.05) is 15.6 Å². The van der Waals surface area contributed by atoms with Crippen LogP contribution in [-0.4, -0.2) is 17.6 Å². The molecule has 0 aliphatic rings. The number of nitrogens with zero attached hydrogens (tertiary/aromatic N) is 1. The highest BCUT2D eigenvalue weighted by molar-refractivity contribution is 7.10. The van der Waals surface area contributed by atoms with Gasteiger partial charge in [0.2, 0.25) is 0 Å². The van der Waals surface area contributed by atoms with E-state index in [1.807, 2.05) is 41.5 Å². The van der Waals surface area contributed by atoms with Gasteiger partial charge in [-0.3, -0.25) is 4.79 Å². The highest BCUT2D eigenvalue weighted by atomic mass is 35.5. The average Bonchev–Trinajstić information content (AvgIpc) is 2.88. The van der Waals surface area contributed by atoms with E-state index in [0.717, 1.165) is 10.6 Å². The molecular weight excluding hydrogens is 282 g/mol. The Hall–Kier alpha value is -1.52. The quantitative estimate of drug-likeness (QED) is 0.904. The lowest BCUT2D eigenvalue weighted by Gasteiger charge is -2.29. The van der Waals surface area contributed by atoms with Gasteiger partial charge < -0.3 is 10.0 Å². The normalized spacial score (nSPS) is 12.1. The van der Waals surface area contributed by atoms with Crippen LogP contribution in [0.2, 0.25) is 5.02 Å². The number of carbonyl (C=O) groups is 1. The predicted octanol–water partition coefficient (Wildman–Crippen LogP) is 4.05. The molecule has 0 saturated carbocycles. The minimum Gasteiger partial charge on any atom is -0.480 e. The molecule has 0 saturated heterocycles. The third-order valence-corrected chi connectivity index (χ3v) is 4.15. The summed E-state index contributed by atoms with van der Waals surface area (Å²) in [7, 11) is 0. The van der Waals surface area contributed by atoms with E-state index >= 15 is 0 Å². The molecule has 0 aliphatic carbocycles. The van der Waals surface area contributed by atoms with Crippen LogP contribution in [0.1, 0.15) is 17.8 Å². The molecule has 1 atom stereocenters. The van der Waals surface area contributed by atoms with E-state index in [2.05, 4.69) is 0 Å². The van der Waals surface area contributed by atoms with Crippen molar-refractivity contribution >= 4 is 34.6 Å². The molecule has 3 nitrogen and oxygen atoms in total. The van der Waals surface area contributed by atoms with Gasteiger partial charge in [-0.2, -0.15) is 0 Å². The van der Waals surface area contributed by atoms with Crippen molar-refractivity contribution in [3.8, 4) is 0 Å². The van der Waals surface area contributed by atoms with Crippen LogP contribution in [-0.2, 0) is 4.79 Å². The minimum atomic E-state index is -0.858. The monoisotopic (exact) mass is 295 g/mol. The molecule has 5 heteroatoms. The average molecular weight is 296 g/mol. The van der Waals surface area contributed by atoms with E-state index < -0.39 is 5.97 Å². The van der Waals surface area contributed by atoms with Gasteiger partial charge in [-0.25, -0.2) is 0 Å². The second-order valence-electron chi connectivity index (χ2n) is 4.19. The molecular formula is C14H14ClNO2S. The summed E-state index contributed by atoms with van der Waals surface area (Å²) in [5.41, 5.74) is 0.816. The van der Waals surface area contributed by atoms with Crippen molar-refractivity contribution in [3.05, 3.63) is 51.7 Å². The van der Waals surface area contributed by atoms with E-state index in [0.29, 0.717) is 5.02 Å². The van der Waals surface area contributed by atoms with Gasteiger partial charge in [0.25, 0.3) is 0 Å². The van der Waals surface area contributed by atoms with Gasteiger partial charge in [0.1, 0.15) is 6.54 Å². The second-order valence-corrected chi connectivity index (χ2v) is 5.61. The van der Waals surface area contributed by atoms with Crippen molar-refractivity contribution in [2.75, 3.05) is 11.4 Å². The number of aliphatic carboxylic acids is 1. The fourth-order valence-corrected chi connectivity index (χ4v) is 2.92. The maximum absolute atomic E-state index is 11.1. The molecule has 0 spiro atoms. The summed E-state index contributed by atoms with van der Waals surface area (Å²) in [5.74, 6) is -0.858. The van der Waals surface area contributed by atoms with E-state index in [-0.39, 0.29) is 12.6 Å². The van der Waals surface area contributed by atoms with Crippen molar-refractivity contribution in [2.24, 2.45) is 0 Å². The Kier molecular flexibility index (Phi) is 4.45. The van der Waals surface area contributed by atoms with Gasteiger partial charge in [-0.15, -0.1) is 11.3 Å². The fourth-order valence-electron chi connectivity index (χ4n) is 1.93. The molecule has 0 bridgehead atoms. The topological polar surface area (TPSA) is 40.5 Å². The van der Waals surface area contributed by atoms with Gasteiger partial charge in [-0.1, -0.05) is 23.7 Å². The lowest BCUT2D eigenvalue weighted by Crippen LogP contribution is -2.31. The zero-order chi connectivity index (χ0) is 13.8. The maximum Gasteiger partial charge on any atom is 0.323 e. The van der Waals surface area contributed by atoms with Gasteiger partial charge in [0.15, 0.2) is 0 Å². The van der Waals surface area contributed by atoms with Crippen LogP contribution in [0.3, 0.4) is 0 Å². The van der Waals surface area contributed by atoms with Crippen LogP contribution in [0.25, 0.3) is 0 Å². The SMILES string of the molecule is CC(c1cccs1)N(CC(=O)O)c1cccc(Cl)c1. The van der Waals surface area contributed by atoms with E-state index in [1.54, 1.807) is 23.5 Å². The fraction of sp³-hybridized carbons (Fsp3) is 0.214. The van der Waals surface area contributed by atoms with Crippen LogP contribution < -0.4 is 4.90 Å². The number of benzene rings is 1. The number of halogens is 1. The molecule has 100 valence electrons. The predicted molar refractivity (Wildman–Crippen MR) is 79.2 cm³/mol. The Morgan fingerprint density at radius 2 is 2.21 bits per heavy atom. The third kappa shape index (κ3) is 3.49. The molecule has 2 aromatic rings. The molecule has 0 aliphatic heterocycles. The summed E-state index contributed by atoms with van der Waals surface area (Å²) in [5, 5.41) is 11.7. The first-order chi connectivity index (χ1) is 9.08. The van der Waals surface area contributed by atoms with Gasteiger partial charge >= 0.3 is 5.97 Å². The van der Waals surface area contributed by atoms with E-state index in [4.69, 9.17) is 16.7 Å². The Labute approximate surface area is 121 Å². The summed E-state index contributed by atoms with van der Waals surface area (Å²) in [6.45, 7) is 1.94. The Balaban J connectivity index is 2.33. The van der Waals surface area contributed by atoms with Crippen molar-refractivity contribution in [1.29, 1.82) is 0 Å². The van der Waals surface area contributed by atoms with Crippen LogP contribution >= 0.6 is 22.9 Å². The first-order valence-electron chi connectivity index (χ1n) is 5.85. The highest BCUT2D eigenvalue weighted by Gasteiger charge is 2.20. The zero-order valence-electron chi connectivity index (χ0n) is 10.4. The van der Waals surface area contributed by atoms with Gasteiger partial charge in [-0.05, 0) is 36.6 Å².